The van der Waals surface area contributed by atoms with Crippen LogP contribution in [0.5, 0.6) is 0 Å². The van der Waals surface area contributed by atoms with Gasteiger partial charge in [-0.1, -0.05) is 30.3 Å². The molecule has 0 aliphatic carbocycles. The minimum Gasteiger partial charge on any atom is -0.391 e. The predicted octanol–water partition coefficient (Wildman–Crippen LogP) is 0.958. The van der Waals surface area contributed by atoms with Gasteiger partial charge in [0.2, 0.25) is 5.91 Å². The average molecular weight is 317 g/mol. The van der Waals surface area contributed by atoms with Crippen molar-refractivity contribution < 1.29 is 9.90 Å². The standard InChI is InChI=1S/C18H27N3O2/c1-19-10-12-20(13-11-19)17(15-6-3-2-4-7-15)18(23)21-9-5-8-16(22)14-21/h2-4,6-7,16-17,22H,5,8-14H2,1H3. The third-order valence-corrected chi connectivity index (χ3v) is 4.96. The maximum Gasteiger partial charge on any atom is 0.244 e. The van der Waals surface area contributed by atoms with E-state index in [1.807, 2.05) is 35.2 Å². The number of aliphatic hydroxyl groups excluding tert-OH is 1. The Kier molecular flexibility index (Phi) is 5.30. The molecule has 0 bridgehead atoms. The van der Waals surface area contributed by atoms with Gasteiger partial charge in [-0.05, 0) is 25.5 Å². The Bertz CT molecular complexity index is 514. The number of hydrogen-bond acceptors (Lipinski definition) is 4. The lowest BCUT2D eigenvalue weighted by Crippen LogP contribution is -2.52. The molecule has 1 aromatic rings. The van der Waals surface area contributed by atoms with Crippen LogP contribution < -0.4 is 0 Å². The first-order valence-electron chi connectivity index (χ1n) is 8.59. The summed E-state index contributed by atoms with van der Waals surface area (Å²) in [4.78, 5) is 19.6. The largest absolute Gasteiger partial charge is 0.391 e. The quantitative estimate of drug-likeness (QED) is 0.902. The summed E-state index contributed by atoms with van der Waals surface area (Å²) < 4.78 is 0. The Morgan fingerprint density at radius 1 is 1.13 bits per heavy atom. The van der Waals surface area contributed by atoms with E-state index in [1.54, 1.807) is 0 Å². The number of carbonyl (C=O) groups is 1. The lowest BCUT2D eigenvalue weighted by molar-refractivity contribution is -0.141. The van der Waals surface area contributed by atoms with Gasteiger partial charge in [-0.25, -0.2) is 0 Å². The van der Waals surface area contributed by atoms with Crippen LogP contribution in [0.3, 0.4) is 0 Å². The van der Waals surface area contributed by atoms with E-state index in [9.17, 15) is 9.90 Å². The molecule has 2 atom stereocenters. The second kappa shape index (κ2) is 7.43. The highest BCUT2D eigenvalue weighted by atomic mass is 16.3. The smallest absolute Gasteiger partial charge is 0.244 e. The Hall–Kier alpha value is -1.43. The molecule has 2 unspecified atom stereocenters. The van der Waals surface area contributed by atoms with E-state index in [2.05, 4.69) is 16.8 Å². The van der Waals surface area contributed by atoms with Crippen molar-refractivity contribution in [2.45, 2.75) is 25.0 Å². The highest BCUT2D eigenvalue weighted by molar-refractivity contribution is 5.83. The first kappa shape index (κ1) is 16.4. The normalized spacial score (nSPS) is 25.3. The molecule has 0 radical (unpaired) electrons. The monoisotopic (exact) mass is 317 g/mol. The fraction of sp³-hybridized carbons (Fsp3) is 0.611. The molecule has 0 spiro atoms. The van der Waals surface area contributed by atoms with Gasteiger partial charge in [0, 0.05) is 39.3 Å². The van der Waals surface area contributed by atoms with Crippen LogP contribution in [0, 0.1) is 0 Å². The van der Waals surface area contributed by atoms with Crippen LogP contribution in [0.4, 0.5) is 0 Å². The van der Waals surface area contributed by atoms with Gasteiger partial charge in [0.25, 0.3) is 0 Å². The van der Waals surface area contributed by atoms with Gasteiger partial charge in [-0.3, -0.25) is 9.69 Å². The molecule has 0 saturated carbocycles. The number of piperidine rings is 1. The highest BCUT2D eigenvalue weighted by Gasteiger charge is 2.34. The zero-order chi connectivity index (χ0) is 16.2. The number of hydrogen-bond donors (Lipinski definition) is 1. The molecular weight excluding hydrogens is 290 g/mol. The van der Waals surface area contributed by atoms with Gasteiger partial charge in [0.05, 0.1) is 6.10 Å². The lowest BCUT2D eigenvalue weighted by atomic mass is 10.0. The summed E-state index contributed by atoms with van der Waals surface area (Å²) >= 11 is 0. The molecule has 2 aliphatic rings. The summed E-state index contributed by atoms with van der Waals surface area (Å²) in [6.45, 7) is 5.00. The van der Waals surface area contributed by atoms with Crippen LogP contribution in [0.15, 0.2) is 30.3 Å². The Labute approximate surface area is 138 Å². The SMILES string of the molecule is CN1CCN(C(C(=O)N2CCCC(O)C2)c2ccccc2)CC1. The number of amides is 1. The van der Waals surface area contributed by atoms with E-state index >= 15 is 0 Å². The Morgan fingerprint density at radius 3 is 2.48 bits per heavy atom. The fourth-order valence-electron chi connectivity index (χ4n) is 3.55. The molecule has 1 amide bonds. The van der Waals surface area contributed by atoms with E-state index in [0.717, 1.165) is 51.1 Å². The number of likely N-dealkylation sites (N-methyl/N-ethyl adjacent to an activating group) is 1. The number of piperazine rings is 1. The van der Waals surface area contributed by atoms with Crippen molar-refractivity contribution in [3.8, 4) is 0 Å². The van der Waals surface area contributed by atoms with E-state index in [0.29, 0.717) is 6.54 Å². The number of nitrogens with zero attached hydrogens (tertiary/aromatic N) is 3. The summed E-state index contributed by atoms with van der Waals surface area (Å²) in [6.07, 6.45) is 1.31. The van der Waals surface area contributed by atoms with E-state index < -0.39 is 0 Å². The van der Waals surface area contributed by atoms with Gasteiger partial charge in [-0.2, -0.15) is 0 Å². The molecule has 2 saturated heterocycles. The second-order valence-corrected chi connectivity index (χ2v) is 6.73. The van der Waals surface area contributed by atoms with E-state index in [1.165, 1.54) is 0 Å². The summed E-state index contributed by atoms with van der Waals surface area (Å²) in [5.74, 6) is 0.138. The van der Waals surface area contributed by atoms with Crippen molar-refractivity contribution >= 4 is 5.91 Å². The van der Waals surface area contributed by atoms with Gasteiger partial charge < -0.3 is 14.9 Å². The second-order valence-electron chi connectivity index (χ2n) is 6.73. The molecule has 5 heteroatoms. The minimum absolute atomic E-state index is 0.138. The molecule has 0 aromatic heterocycles. The van der Waals surface area contributed by atoms with Gasteiger partial charge in [-0.15, -0.1) is 0 Å². The number of likely N-dealkylation sites (tertiary alicyclic amines) is 1. The van der Waals surface area contributed by atoms with Crippen LogP contribution >= 0.6 is 0 Å². The summed E-state index contributed by atoms with van der Waals surface area (Å²) in [5.41, 5.74) is 1.06. The number of rotatable bonds is 3. The number of aliphatic hydroxyl groups is 1. The van der Waals surface area contributed by atoms with E-state index in [-0.39, 0.29) is 18.1 Å². The molecule has 2 heterocycles. The van der Waals surface area contributed by atoms with Gasteiger partial charge in [0.1, 0.15) is 6.04 Å². The molecule has 126 valence electrons. The van der Waals surface area contributed by atoms with E-state index in [4.69, 9.17) is 0 Å². The highest BCUT2D eigenvalue weighted by Crippen LogP contribution is 2.26. The molecule has 1 aromatic carbocycles. The minimum atomic E-state index is -0.378. The molecule has 1 N–H and O–H groups in total. The van der Waals surface area contributed by atoms with Crippen LogP contribution in [0.1, 0.15) is 24.4 Å². The van der Waals surface area contributed by atoms with Crippen molar-refractivity contribution in [1.82, 2.24) is 14.7 Å². The Morgan fingerprint density at radius 2 is 1.83 bits per heavy atom. The predicted molar refractivity (Wildman–Crippen MR) is 90.1 cm³/mol. The molecule has 5 nitrogen and oxygen atoms in total. The summed E-state index contributed by atoms with van der Waals surface area (Å²) in [5, 5.41) is 9.91. The maximum atomic E-state index is 13.2. The van der Waals surface area contributed by atoms with Crippen molar-refractivity contribution in [2.24, 2.45) is 0 Å². The molecular formula is C18H27N3O2. The molecule has 23 heavy (non-hydrogen) atoms. The third kappa shape index (κ3) is 3.91. The number of β-amino-alcohol motifs (C(OH)–C–C–N with tert-alkyl or cyclic N) is 1. The van der Waals surface area contributed by atoms with Crippen LogP contribution in [-0.2, 0) is 4.79 Å². The van der Waals surface area contributed by atoms with Crippen molar-refractivity contribution in [2.75, 3.05) is 46.3 Å². The summed E-state index contributed by atoms with van der Waals surface area (Å²) in [7, 11) is 2.12. The van der Waals surface area contributed by atoms with Crippen molar-refractivity contribution in [3.05, 3.63) is 35.9 Å². The Balaban J connectivity index is 1.81. The number of carbonyl (C=O) groups excluding carboxylic acids is 1. The summed E-state index contributed by atoms with van der Waals surface area (Å²) in [6, 6.07) is 9.84. The third-order valence-electron chi connectivity index (χ3n) is 4.96. The van der Waals surface area contributed by atoms with Gasteiger partial charge >= 0.3 is 0 Å². The van der Waals surface area contributed by atoms with Crippen LogP contribution in [0.25, 0.3) is 0 Å². The number of benzene rings is 1. The van der Waals surface area contributed by atoms with Crippen LogP contribution in [0.2, 0.25) is 0 Å². The van der Waals surface area contributed by atoms with Gasteiger partial charge in [0.15, 0.2) is 0 Å². The first-order valence-corrected chi connectivity index (χ1v) is 8.59. The maximum absolute atomic E-state index is 13.2. The molecule has 2 fully saturated rings. The van der Waals surface area contributed by atoms with Crippen molar-refractivity contribution in [3.63, 3.8) is 0 Å². The lowest BCUT2D eigenvalue weighted by Gasteiger charge is -2.40. The topological polar surface area (TPSA) is 47.0 Å². The first-order chi connectivity index (χ1) is 11.1. The van der Waals surface area contributed by atoms with Crippen LogP contribution in [-0.4, -0.2) is 78.1 Å². The molecule has 2 aliphatic heterocycles. The zero-order valence-corrected chi connectivity index (χ0v) is 13.9. The zero-order valence-electron chi connectivity index (χ0n) is 13.9. The molecule has 3 rings (SSSR count). The fourth-order valence-corrected chi connectivity index (χ4v) is 3.55. The average Bonchev–Trinajstić information content (AvgIpc) is 2.58. The van der Waals surface area contributed by atoms with Crippen molar-refractivity contribution in [1.29, 1.82) is 0 Å².